The maximum absolute atomic E-state index is 12.8. The van der Waals surface area contributed by atoms with Gasteiger partial charge in [0.15, 0.2) is 5.79 Å². The molecule has 0 radical (unpaired) electrons. The molecule has 1 saturated heterocycles. The molecule has 1 aliphatic carbocycles. The van der Waals surface area contributed by atoms with Gasteiger partial charge in [0, 0.05) is 0 Å². The lowest BCUT2D eigenvalue weighted by atomic mass is 10.1. The maximum Gasteiger partial charge on any atom is 0.261 e. The summed E-state index contributed by atoms with van der Waals surface area (Å²) >= 11 is 1.76. The van der Waals surface area contributed by atoms with Crippen molar-refractivity contribution in [2.75, 3.05) is 12.0 Å². The van der Waals surface area contributed by atoms with Gasteiger partial charge in [-0.25, -0.2) is 0 Å². The van der Waals surface area contributed by atoms with Crippen LogP contribution in [0, 0.1) is 5.92 Å². The third-order valence-electron chi connectivity index (χ3n) is 5.09. The van der Waals surface area contributed by atoms with Crippen molar-refractivity contribution in [3.05, 3.63) is 35.4 Å². The Balaban J connectivity index is 1.67. The number of amides is 2. The smallest absolute Gasteiger partial charge is 0.261 e. The van der Waals surface area contributed by atoms with Gasteiger partial charge in [0.1, 0.15) is 6.10 Å². The van der Waals surface area contributed by atoms with Crippen LogP contribution in [0.15, 0.2) is 24.3 Å². The molecule has 3 aliphatic rings. The largest absolute Gasteiger partial charge is 0.344 e. The van der Waals surface area contributed by atoms with Gasteiger partial charge in [-0.15, -0.1) is 0 Å². The second kappa shape index (κ2) is 5.58. The number of thioether (sulfide) groups is 1. The summed E-state index contributed by atoms with van der Waals surface area (Å²) in [4.78, 5) is 27.0. The van der Waals surface area contributed by atoms with Crippen molar-refractivity contribution in [2.24, 2.45) is 5.92 Å². The van der Waals surface area contributed by atoms with E-state index >= 15 is 0 Å². The molecule has 6 heteroatoms. The molecule has 4 rings (SSSR count). The van der Waals surface area contributed by atoms with Gasteiger partial charge in [-0.05, 0) is 50.3 Å². The summed E-state index contributed by atoms with van der Waals surface area (Å²) in [6.07, 6.45) is 2.48. The van der Waals surface area contributed by atoms with Crippen molar-refractivity contribution < 1.29 is 19.1 Å². The third-order valence-corrected chi connectivity index (χ3v) is 5.85. The highest BCUT2D eigenvalue weighted by Gasteiger charge is 2.58. The minimum absolute atomic E-state index is 0.0678. The van der Waals surface area contributed by atoms with Crippen LogP contribution in [-0.2, 0) is 9.47 Å². The zero-order valence-corrected chi connectivity index (χ0v) is 14.8. The minimum atomic E-state index is -0.677. The molecule has 0 bridgehead atoms. The Morgan fingerprint density at radius 3 is 2.29 bits per heavy atom. The number of carbonyl (C=O) groups excluding carboxylic acids is 2. The molecule has 2 amide bonds. The maximum atomic E-state index is 12.8. The fraction of sp³-hybridized carbons (Fsp3) is 0.556. The minimum Gasteiger partial charge on any atom is -0.344 e. The Morgan fingerprint density at radius 1 is 1.12 bits per heavy atom. The number of rotatable bonds is 3. The van der Waals surface area contributed by atoms with Gasteiger partial charge in [-0.1, -0.05) is 12.1 Å². The number of fused-ring (bicyclic) bond motifs is 2. The average molecular weight is 347 g/mol. The Kier molecular flexibility index (Phi) is 3.74. The molecule has 5 nitrogen and oxygen atoms in total. The van der Waals surface area contributed by atoms with E-state index in [0.717, 1.165) is 12.2 Å². The fourth-order valence-corrected chi connectivity index (χ4v) is 4.95. The molecule has 0 N–H and O–H groups in total. The second-order valence-corrected chi connectivity index (χ2v) is 8.02. The summed E-state index contributed by atoms with van der Waals surface area (Å²) in [7, 11) is 0. The quantitative estimate of drug-likeness (QED) is 0.787. The van der Waals surface area contributed by atoms with Crippen LogP contribution >= 0.6 is 11.8 Å². The number of ether oxygens (including phenoxy) is 2. The predicted molar refractivity (Wildman–Crippen MR) is 91.0 cm³/mol. The van der Waals surface area contributed by atoms with Crippen molar-refractivity contribution in [3.63, 3.8) is 0 Å². The van der Waals surface area contributed by atoms with Crippen LogP contribution in [0.4, 0.5) is 0 Å². The summed E-state index contributed by atoms with van der Waals surface area (Å²) < 4.78 is 12.2. The zero-order chi connectivity index (χ0) is 17.1. The van der Waals surface area contributed by atoms with E-state index in [1.54, 1.807) is 36.0 Å². The molecule has 0 spiro atoms. The first kappa shape index (κ1) is 16.1. The highest BCUT2D eigenvalue weighted by atomic mass is 32.2. The summed E-state index contributed by atoms with van der Waals surface area (Å²) in [5, 5.41) is 0. The van der Waals surface area contributed by atoms with E-state index in [0.29, 0.717) is 11.1 Å². The van der Waals surface area contributed by atoms with Crippen LogP contribution < -0.4 is 0 Å². The van der Waals surface area contributed by atoms with Gasteiger partial charge in [0.05, 0.1) is 23.3 Å². The first-order chi connectivity index (χ1) is 11.4. The van der Waals surface area contributed by atoms with Crippen molar-refractivity contribution in [2.45, 2.75) is 44.3 Å². The Labute approximate surface area is 145 Å². The van der Waals surface area contributed by atoms with Crippen molar-refractivity contribution >= 4 is 23.6 Å². The third kappa shape index (κ3) is 2.31. The van der Waals surface area contributed by atoms with Gasteiger partial charge in [-0.2, -0.15) is 11.8 Å². The molecule has 1 saturated carbocycles. The van der Waals surface area contributed by atoms with Crippen LogP contribution in [-0.4, -0.2) is 52.8 Å². The number of hydrogen-bond acceptors (Lipinski definition) is 5. The highest BCUT2D eigenvalue weighted by Crippen LogP contribution is 2.45. The summed E-state index contributed by atoms with van der Waals surface area (Å²) in [5.41, 5.74) is 0.982. The van der Waals surface area contributed by atoms with Crippen LogP contribution in [0.1, 0.15) is 41.0 Å². The van der Waals surface area contributed by atoms with Gasteiger partial charge in [-0.3, -0.25) is 14.5 Å². The fourth-order valence-electron chi connectivity index (χ4n) is 4.20. The van der Waals surface area contributed by atoms with E-state index in [1.165, 1.54) is 4.90 Å². The standard InChI is InChI=1S/C18H21NO4S/c1-18(2)22-14-10(9-24-3)8-13(15(14)23-18)19-16(20)11-6-4-5-7-12(11)17(19)21/h4-7,10,13-15H,8-9H2,1-3H3/t10-,13-,14-,15+/m1/s1. The molecule has 2 fully saturated rings. The number of carbonyl (C=O) groups is 2. The van der Waals surface area contributed by atoms with Crippen molar-refractivity contribution in [3.8, 4) is 0 Å². The lowest BCUT2D eigenvalue weighted by Crippen LogP contribution is -2.46. The van der Waals surface area contributed by atoms with E-state index in [1.807, 2.05) is 13.8 Å². The summed E-state index contributed by atoms with van der Waals surface area (Å²) in [6, 6.07) is 6.76. The lowest BCUT2D eigenvalue weighted by molar-refractivity contribution is -0.159. The lowest BCUT2D eigenvalue weighted by Gasteiger charge is -2.28. The van der Waals surface area contributed by atoms with Crippen molar-refractivity contribution in [1.82, 2.24) is 4.90 Å². The zero-order valence-electron chi connectivity index (χ0n) is 14.0. The topological polar surface area (TPSA) is 55.8 Å². The molecule has 24 heavy (non-hydrogen) atoms. The molecule has 2 heterocycles. The Hall–Kier alpha value is -1.37. The van der Waals surface area contributed by atoms with E-state index in [4.69, 9.17) is 9.47 Å². The molecule has 0 unspecified atom stereocenters. The molecule has 2 aliphatic heterocycles. The van der Waals surface area contributed by atoms with Gasteiger partial charge in [0.25, 0.3) is 11.8 Å². The van der Waals surface area contributed by atoms with E-state index < -0.39 is 5.79 Å². The molecule has 1 aromatic rings. The molecular weight excluding hydrogens is 326 g/mol. The first-order valence-electron chi connectivity index (χ1n) is 8.24. The van der Waals surface area contributed by atoms with E-state index in [9.17, 15) is 9.59 Å². The summed E-state index contributed by atoms with van der Waals surface area (Å²) in [5.74, 6) is 0.111. The number of nitrogens with zero attached hydrogens (tertiary/aromatic N) is 1. The molecule has 128 valence electrons. The van der Waals surface area contributed by atoms with Crippen LogP contribution in [0.2, 0.25) is 0 Å². The van der Waals surface area contributed by atoms with Gasteiger partial charge < -0.3 is 9.47 Å². The monoisotopic (exact) mass is 347 g/mol. The van der Waals surface area contributed by atoms with Crippen LogP contribution in [0.5, 0.6) is 0 Å². The second-order valence-electron chi connectivity index (χ2n) is 7.11. The SMILES string of the molecule is CSC[C@H]1C[C@@H](N2C(=O)c3ccccc3C2=O)[C@@H]2OC(C)(C)O[C@H]12. The first-order valence-corrected chi connectivity index (χ1v) is 9.64. The van der Waals surface area contributed by atoms with Gasteiger partial charge in [0.2, 0.25) is 0 Å². The van der Waals surface area contributed by atoms with Crippen LogP contribution in [0.3, 0.4) is 0 Å². The molecule has 0 aromatic heterocycles. The molecule has 1 aromatic carbocycles. The highest BCUT2D eigenvalue weighted by molar-refractivity contribution is 7.98. The number of hydrogen-bond donors (Lipinski definition) is 0. The molecular formula is C18H21NO4S. The van der Waals surface area contributed by atoms with Crippen molar-refractivity contribution in [1.29, 1.82) is 0 Å². The normalized spacial score (nSPS) is 33.9. The Bertz CT molecular complexity index is 669. The average Bonchev–Trinajstić information content (AvgIpc) is 3.10. The van der Waals surface area contributed by atoms with Crippen LogP contribution in [0.25, 0.3) is 0 Å². The van der Waals surface area contributed by atoms with E-state index in [-0.39, 0.29) is 36.0 Å². The predicted octanol–water partition coefficient (Wildman–Crippen LogP) is 2.55. The number of imide groups is 1. The number of benzene rings is 1. The Morgan fingerprint density at radius 2 is 1.71 bits per heavy atom. The van der Waals surface area contributed by atoms with E-state index in [2.05, 4.69) is 6.26 Å². The summed E-state index contributed by atoms with van der Waals surface area (Å²) in [6.45, 7) is 3.78. The van der Waals surface area contributed by atoms with Gasteiger partial charge >= 0.3 is 0 Å². The molecule has 4 atom stereocenters.